The van der Waals surface area contributed by atoms with Crippen molar-refractivity contribution in [1.29, 1.82) is 0 Å². The minimum Gasteiger partial charge on any atom is -0.339 e. The summed E-state index contributed by atoms with van der Waals surface area (Å²) in [5.74, 6) is 0.847. The first kappa shape index (κ1) is 14.0. The van der Waals surface area contributed by atoms with E-state index in [0.717, 1.165) is 13.1 Å². The van der Waals surface area contributed by atoms with Crippen LogP contribution in [-0.4, -0.2) is 23.9 Å². The highest BCUT2D eigenvalue weighted by atomic mass is 16.2. The van der Waals surface area contributed by atoms with Crippen molar-refractivity contribution in [3.05, 3.63) is 23.3 Å². The number of amides is 1. The molecule has 1 aliphatic carbocycles. The number of hydrogen-bond donors (Lipinski definition) is 0. The van der Waals surface area contributed by atoms with E-state index in [2.05, 4.69) is 26.0 Å². The van der Waals surface area contributed by atoms with Gasteiger partial charge in [0.2, 0.25) is 5.91 Å². The van der Waals surface area contributed by atoms with E-state index in [-0.39, 0.29) is 5.91 Å². The van der Waals surface area contributed by atoms with Crippen LogP contribution in [0.5, 0.6) is 0 Å². The van der Waals surface area contributed by atoms with Gasteiger partial charge in [-0.2, -0.15) is 0 Å². The second-order valence-corrected chi connectivity index (χ2v) is 5.03. The molecule has 0 aromatic carbocycles. The van der Waals surface area contributed by atoms with E-state index in [1.54, 1.807) is 6.92 Å². The molecule has 2 heteroatoms. The zero-order valence-electron chi connectivity index (χ0n) is 11.6. The van der Waals surface area contributed by atoms with Crippen LogP contribution in [0.1, 0.15) is 47.0 Å². The maximum absolute atomic E-state index is 11.3. The number of rotatable bonds is 4. The predicted octanol–water partition coefficient (Wildman–Crippen LogP) is 3.55. The average molecular weight is 235 g/mol. The van der Waals surface area contributed by atoms with Crippen molar-refractivity contribution in [2.24, 2.45) is 5.92 Å². The van der Waals surface area contributed by atoms with Crippen molar-refractivity contribution in [3.63, 3.8) is 0 Å². The van der Waals surface area contributed by atoms with Gasteiger partial charge in [0.1, 0.15) is 0 Å². The predicted molar refractivity (Wildman–Crippen MR) is 72.8 cm³/mol. The van der Waals surface area contributed by atoms with E-state index >= 15 is 0 Å². The van der Waals surface area contributed by atoms with Crippen LogP contribution in [0.3, 0.4) is 0 Å². The third kappa shape index (κ3) is 4.37. The number of carbonyl (C=O) groups excluding carboxylic acids is 1. The first-order valence-electron chi connectivity index (χ1n) is 6.62. The Kier molecular flexibility index (Phi) is 5.46. The highest BCUT2D eigenvalue weighted by Gasteiger charge is 2.14. The molecular formula is C15H25NO. The number of hydrogen-bond acceptors (Lipinski definition) is 1. The molecule has 0 aromatic heterocycles. The van der Waals surface area contributed by atoms with Crippen LogP contribution in [0.2, 0.25) is 0 Å². The molecule has 1 aliphatic rings. The Hall–Kier alpha value is -1.05. The molecule has 0 saturated carbocycles. The Balaban J connectivity index is 2.52. The molecule has 0 aromatic rings. The summed E-state index contributed by atoms with van der Waals surface area (Å²) in [6, 6.07) is 0. The smallest absolute Gasteiger partial charge is 0.219 e. The van der Waals surface area contributed by atoms with Crippen LogP contribution in [0.4, 0.5) is 0 Å². The summed E-state index contributed by atoms with van der Waals surface area (Å²) in [5.41, 5.74) is 2.96. The zero-order chi connectivity index (χ0) is 12.8. The lowest BCUT2D eigenvalue weighted by atomic mass is 9.85. The van der Waals surface area contributed by atoms with E-state index in [1.165, 1.54) is 30.4 Å². The standard InChI is InChI=1S/C15H25NO/c1-5-16(14(4)17)11-10-13(3)15-8-6-12(2)7-9-15/h6,10,15H,5,7-9,11H2,1-4H3. The van der Waals surface area contributed by atoms with Crippen LogP contribution in [-0.2, 0) is 4.79 Å². The van der Waals surface area contributed by atoms with E-state index < -0.39 is 0 Å². The minimum absolute atomic E-state index is 0.163. The van der Waals surface area contributed by atoms with Crippen LogP contribution >= 0.6 is 0 Å². The molecule has 96 valence electrons. The molecule has 17 heavy (non-hydrogen) atoms. The summed E-state index contributed by atoms with van der Waals surface area (Å²) < 4.78 is 0. The van der Waals surface area contributed by atoms with Crippen LogP contribution in [0, 0.1) is 5.92 Å². The van der Waals surface area contributed by atoms with Gasteiger partial charge in [0.25, 0.3) is 0 Å². The lowest BCUT2D eigenvalue weighted by molar-refractivity contribution is -0.128. The second-order valence-electron chi connectivity index (χ2n) is 5.03. The molecule has 0 radical (unpaired) electrons. The first-order chi connectivity index (χ1) is 8.04. The fourth-order valence-corrected chi connectivity index (χ4v) is 2.28. The molecule has 1 unspecified atom stereocenters. The fraction of sp³-hybridized carbons (Fsp3) is 0.667. The monoisotopic (exact) mass is 235 g/mol. The van der Waals surface area contributed by atoms with Gasteiger partial charge in [0, 0.05) is 20.0 Å². The summed E-state index contributed by atoms with van der Waals surface area (Å²) in [7, 11) is 0. The van der Waals surface area contributed by atoms with Gasteiger partial charge in [-0.3, -0.25) is 4.79 Å². The fourth-order valence-electron chi connectivity index (χ4n) is 2.28. The average Bonchev–Trinajstić information content (AvgIpc) is 2.30. The molecule has 0 fully saturated rings. The molecule has 0 bridgehead atoms. The number of carbonyl (C=O) groups is 1. The lowest BCUT2D eigenvalue weighted by Crippen LogP contribution is -2.28. The molecule has 1 atom stereocenters. The van der Waals surface area contributed by atoms with Crippen molar-refractivity contribution >= 4 is 5.91 Å². The number of allylic oxidation sites excluding steroid dienone is 3. The number of likely N-dealkylation sites (N-methyl/N-ethyl adjacent to an activating group) is 1. The summed E-state index contributed by atoms with van der Waals surface area (Å²) >= 11 is 0. The molecule has 1 rings (SSSR count). The lowest BCUT2D eigenvalue weighted by Gasteiger charge is -2.23. The maximum atomic E-state index is 11.3. The minimum atomic E-state index is 0.163. The molecular weight excluding hydrogens is 210 g/mol. The third-order valence-electron chi connectivity index (χ3n) is 3.74. The van der Waals surface area contributed by atoms with Crippen molar-refractivity contribution in [2.75, 3.05) is 13.1 Å². The molecule has 2 nitrogen and oxygen atoms in total. The van der Waals surface area contributed by atoms with Gasteiger partial charge in [-0.15, -0.1) is 0 Å². The Morgan fingerprint density at radius 3 is 2.71 bits per heavy atom. The van der Waals surface area contributed by atoms with E-state index in [1.807, 2.05) is 11.8 Å². The van der Waals surface area contributed by atoms with E-state index in [4.69, 9.17) is 0 Å². The Labute approximate surface area is 105 Å². The van der Waals surface area contributed by atoms with Gasteiger partial charge >= 0.3 is 0 Å². The SMILES string of the molecule is CCN(CC=C(C)C1CC=C(C)CC1)C(C)=O. The summed E-state index contributed by atoms with van der Waals surface area (Å²) in [6.07, 6.45) is 8.23. The highest BCUT2D eigenvalue weighted by molar-refractivity contribution is 5.73. The zero-order valence-corrected chi connectivity index (χ0v) is 11.6. The van der Waals surface area contributed by atoms with Crippen molar-refractivity contribution < 1.29 is 4.79 Å². The summed E-state index contributed by atoms with van der Waals surface area (Å²) in [6.45, 7) is 9.63. The molecule has 1 amide bonds. The van der Waals surface area contributed by atoms with Gasteiger partial charge in [-0.05, 0) is 46.0 Å². The van der Waals surface area contributed by atoms with Gasteiger partial charge in [-0.25, -0.2) is 0 Å². The highest BCUT2D eigenvalue weighted by Crippen LogP contribution is 2.28. The van der Waals surface area contributed by atoms with Crippen molar-refractivity contribution in [1.82, 2.24) is 4.90 Å². The molecule has 0 spiro atoms. The quantitative estimate of drug-likeness (QED) is 0.682. The Morgan fingerprint density at radius 1 is 1.53 bits per heavy atom. The second kappa shape index (κ2) is 6.63. The summed E-state index contributed by atoms with van der Waals surface area (Å²) in [4.78, 5) is 13.2. The normalized spacial score (nSPS) is 21.1. The Bertz CT molecular complexity index is 328. The largest absolute Gasteiger partial charge is 0.339 e. The van der Waals surface area contributed by atoms with Crippen LogP contribution in [0.15, 0.2) is 23.3 Å². The third-order valence-corrected chi connectivity index (χ3v) is 3.74. The van der Waals surface area contributed by atoms with Gasteiger partial charge in [0.05, 0.1) is 0 Å². The van der Waals surface area contributed by atoms with Gasteiger partial charge in [0.15, 0.2) is 0 Å². The molecule has 0 aliphatic heterocycles. The number of nitrogens with zero attached hydrogens (tertiary/aromatic N) is 1. The Morgan fingerprint density at radius 2 is 2.24 bits per heavy atom. The van der Waals surface area contributed by atoms with E-state index in [9.17, 15) is 4.79 Å². The summed E-state index contributed by atoms with van der Waals surface area (Å²) in [5, 5.41) is 0. The molecule has 0 N–H and O–H groups in total. The topological polar surface area (TPSA) is 20.3 Å². The van der Waals surface area contributed by atoms with Crippen LogP contribution in [0.25, 0.3) is 0 Å². The maximum Gasteiger partial charge on any atom is 0.219 e. The van der Waals surface area contributed by atoms with Crippen LogP contribution < -0.4 is 0 Å². The molecule has 0 saturated heterocycles. The van der Waals surface area contributed by atoms with Crippen molar-refractivity contribution in [3.8, 4) is 0 Å². The first-order valence-corrected chi connectivity index (χ1v) is 6.62. The molecule has 0 heterocycles. The van der Waals surface area contributed by atoms with E-state index in [0.29, 0.717) is 5.92 Å². The van der Waals surface area contributed by atoms with Gasteiger partial charge in [-0.1, -0.05) is 23.3 Å². The van der Waals surface area contributed by atoms with Gasteiger partial charge < -0.3 is 4.90 Å². The van der Waals surface area contributed by atoms with Crippen molar-refractivity contribution in [2.45, 2.75) is 47.0 Å².